The number of ether oxygens (including phenoxy) is 2. The minimum absolute atomic E-state index is 0.201. The summed E-state index contributed by atoms with van der Waals surface area (Å²) in [7, 11) is 0. The third-order valence-electron chi connectivity index (χ3n) is 2.84. The van der Waals surface area contributed by atoms with Crippen molar-refractivity contribution in [3.8, 4) is 11.5 Å². The molecule has 0 saturated carbocycles. The van der Waals surface area contributed by atoms with Gasteiger partial charge in [-0.2, -0.15) is 0 Å². The van der Waals surface area contributed by atoms with Crippen LogP contribution in [-0.2, 0) is 4.79 Å². The average molecular weight is 285 g/mol. The average Bonchev–Trinajstić information content (AvgIpc) is 2.49. The fraction of sp³-hybridized carbons (Fsp3) is 0.235. The lowest BCUT2D eigenvalue weighted by Gasteiger charge is -2.15. The fourth-order valence-electron chi connectivity index (χ4n) is 1.83. The van der Waals surface area contributed by atoms with Crippen LogP contribution >= 0.6 is 0 Å². The molecule has 110 valence electrons. The number of benzene rings is 2. The summed E-state index contributed by atoms with van der Waals surface area (Å²) in [5.74, 6) is 1.20. The second kappa shape index (κ2) is 7.33. The zero-order chi connectivity index (χ0) is 15.1. The molecule has 4 nitrogen and oxygen atoms in total. The highest BCUT2D eigenvalue weighted by Gasteiger charge is 2.14. The number of rotatable bonds is 6. The van der Waals surface area contributed by atoms with Crippen molar-refractivity contribution in [1.82, 2.24) is 0 Å². The van der Waals surface area contributed by atoms with Gasteiger partial charge in [-0.3, -0.25) is 4.79 Å². The van der Waals surface area contributed by atoms with Crippen LogP contribution in [0, 0.1) is 0 Å². The van der Waals surface area contributed by atoms with E-state index in [-0.39, 0.29) is 5.91 Å². The number of carbonyl (C=O) groups excluding carboxylic acids is 1. The molecule has 21 heavy (non-hydrogen) atoms. The fourth-order valence-corrected chi connectivity index (χ4v) is 1.83. The summed E-state index contributed by atoms with van der Waals surface area (Å²) in [4.78, 5) is 12.1. The number of hydrogen-bond donors (Lipinski definition) is 1. The van der Waals surface area contributed by atoms with Gasteiger partial charge in [0.25, 0.3) is 5.91 Å². The van der Waals surface area contributed by atoms with Gasteiger partial charge in [-0.25, -0.2) is 0 Å². The molecule has 0 fully saturated rings. The van der Waals surface area contributed by atoms with E-state index in [4.69, 9.17) is 9.47 Å². The standard InChI is InChI=1S/C17H19NO3/c1-3-20-16-11-7-8-14(12-16)18-17(19)13(2)21-15-9-5-4-6-10-15/h4-13H,3H2,1-2H3,(H,18,19). The minimum atomic E-state index is -0.580. The second-order valence-corrected chi connectivity index (χ2v) is 4.52. The molecule has 2 rings (SSSR count). The van der Waals surface area contributed by atoms with Gasteiger partial charge in [0.05, 0.1) is 6.61 Å². The molecule has 0 aliphatic rings. The van der Waals surface area contributed by atoms with E-state index in [1.165, 1.54) is 0 Å². The summed E-state index contributed by atoms with van der Waals surface area (Å²) in [6.45, 7) is 4.22. The first-order chi connectivity index (χ1) is 10.2. The summed E-state index contributed by atoms with van der Waals surface area (Å²) >= 11 is 0. The second-order valence-electron chi connectivity index (χ2n) is 4.52. The lowest BCUT2D eigenvalue weighted by atomic mass is 10.2. The number of nitrogens with one attached hydrogen (secondary N) is 1. The Morgan fingerprint density at radius 1 is 1.10 bits per heavy atom. The van der Waals surface area contributed by atoms with Crippen LogP contribution in [0.3, 0.4) is 0 Å². The van der Waals surface area contributed by atoms with E-state index in [2.05, 4.69) is 5.32 Å². The normalized spacial score (nSPS) is 11.5. The lowest BCUT2D eigenvalue weighted by Crippen LogP contribution is -2.30. The van der Waals surface area contributed by atoms with Crippen molar-refractivity contribution < 1.29 is 14.3 Å². The molecule has 0 spiro atoms. The molecule has 0 radical (unpaired) electrons. The highest BCUT2D eigenvalue weighted by atomic mass is 16.5. The van der Waals surface area contributed by atoms with Crippen LogP contribution in [0.15, 0.2) is 54.6 Å². The molecule has 0 aromatic heterocycles. The molecule has 0 saturated heterocycles. The van der Waals surface area contributed by atoms with Gasteiger partial charge in [0.2, 0.25) is 0 Å². The third kappa shape index (κ3) is 4.53. The summed E-state index contributed by atoms with van der Waals surface area (Å²) in [5.41, 5.74) is 0.689. The molecule has 2 aromatic rings. The molecule has 0 aliphatic carbocycles. The largest absolute Gasteiger partial charge is 0.494 e. The van der Waals surface area contributed by atoms with Crippen molar-refractivity contribution in [3.63, 3.8) is 0 Å². The van der Waals surface area contributed by atoms with Crippen molar-refractivity contribution in [2.75, 3.05) is 11.9 Å². The van der Waals surface area contributed by atoms with Gasteiger partial charge in [-0.05, 0) is 38.1 Å². The van der Waals surface area contributed by atoms with E-state index >= 15 is 0 Å². The summed E-state index contributed by atoms with van der Waals surface area (Å²) in [6.07, 6.45) is -0.580. The molecule has 1 amide bonds. The van der Waals surface area contributed by atoms with Crippen LogP contribution in [0.1, 0.15) is 13.8 Å². The SMILES string of the molecule is CCOc1cccc(NC(=O)C(C)Oc2ccccc2)c1. The van der Waals surface area contributed by atoms with Crippen molar-refractivity contribution in [2.24, 2.45) is 0 Å². The Balaban J connectivity index is 1.95. The van der Waals surface area contributed by atoms with E-state index in [1.807, 2.05) is 55.5 Å². The molecule has 2 aromatic carbocycles. The van der Waals surface area contributed by atoms with E-state index < -0.39 is 6.10 Å². The van der Waals surface area contributed by atoms with E-state index in [0.29, 0.717) is 18.0 Å². The van der Waals surface area contributed by atoms with E-state index in [0.717, 1.165) is 5.75 Å². The number of hydrogen-bond acceptors (Lipinski definition) is 3. The molecule has 1 N–H and O–H groups in total. The van der Waals surface area contributed by atoms with Gasteiger partial charge in [0, 0.05) is 11.8 Å². The van der Waals surface area contributed by atoms with Crippen LogP contribution < -0.4 is 14.8 Å². The first-order valence-electron chi connectivity index (χ1n) is 6.94. The van der Waals surface area contributed by atoms with Crippen LogP contribution in [0.25, 0.3) is 0 Å². The maximum absolute atomic E-state index is 12.1. The zero-order valence-electron chi connectivity index (χ0n) is 12.2. The molecule has 0 heterocycles. The van der Waals surface area contributed by atoms with Crippen molar-refractivity contribution in [1.29, 1.82) is 0 Å². The van der Waals surface area contributed by atoms with E-state index in [9.17, 15) is 4.79 Å². The van der Waals surface area contributed by atoms with Gasteiger partial charge < -0.3 is 14.8 Å². The van der Waals surface area contributed by atoms with Gasteiger partial charge in [-0.1, -0.05) is 24.3 Å². The van der Waals surface area contributed by atoms with Gasteiger partial charge in [-0.15, -0.1) is 0 Å². The predicted molar refractivity (Wildman–Crippen MR) is 82.8 cm³/mol. The Kier molecular flexibility index (Phi) is 5.21. The summed E-state index contributed by atoms with van der Waals surface area (Å²) in [6, 6.07) is 16.6. The van der Waals surface area contributed by atoms with Gasteiger partial charge in [0.15, 0.2) is 6.10 Å². The lowest BCUT2D eigenvalue weighted by molar-refractivity contribution is -0.122. The van der Waals surface area contributed by atoms with Crippen LogP contribution in [0.4, 0.5) is 5.69 Å². The monoisotopic (exact) mass is 285 g/mol. The highest BCUT2D eigenvalue weighted by molar-refractivity contribution is 5.94. The molecule has 0 aliphatic heterocycles. The quantitative estimate of drug-likeness (QED) is 0.883. The molecular weight excluding hydrogens is 266 g/mol. The molecule has 1 unspecified atom stereocenters. The Labute approximate surface area is 124 Å². The minimum Gasteiger partial charge on any atom is -0.494 e. The predicted octanol–water partition coefficient (Wildman–Crippen LogP) is 3.49. The maximum Gasteiger partial charge on any atom is 0.265 e. The first-order valence-corrected chi connectivity index (χ1v) is 6.94. The summed E-state index contributed by atoms with van der Waals surface area (Å²) in [5, 5.41) is 2.82. The number of carbonyl (C=O) groups is 1. The Morgan fingerprint density at radius 3 is 2.52 bits per heavy atom. The maximum atomic E-state index is 12.1. The number of anilines is 1. The molecular formula is C17H19NO3. The Morgan fingerprint density at radius 2 is 1.81 bits per heavy atom. The van der Waals surface area contributed by atoms with Crippen LogP contribution in [-0.4, -0.2) is 18.6 Å². The highest BCUT2D eigenvalue weighted by Crippen LogP contribution is 2.18. The van der Waals surface area contributed by atoms with Crippen LogP contribution in [0.5, 0.6) is 11.5 Å². The van der Waals surface area contributed by atoms with E-state index in [1.54, 1.807) is 13.0 Å². The van der Waals surface area contributed by atoms with Gasteiger partial charge >= 0.3 is 0 Å². The smallest absolute Gasteiger partial charge is 0.265 e. The first kappa shape index (κ1) is 14.9. The topological polar surface area (TPSA) is 47.6 Å². The van der Waals surface area contributed by atoms with Crippen molar-refractivity contribution >= 4 is 11.6 Å². The van der Waals surface area contributed by atoms with Crippen molar-refractivity contribution in [2.45, 2.75) is 20.0 Å². The zero-order valence-corrected chi connectivity index (χ0v) is 12.2. The Bertz CT molecular complexity index is 584. The molecule has 4 heteroatoms. The van der Waals surface area contributed by atoms with Gasteiger partial charge in [0.1, 0.15) is 11.5 Å². The third-order valence-corrected chi connectivity index (χ3v) is 2.84. The molecule has 1 atom stereocenters. The molecule has 0 bridgehead atoms. The number of para-hydroxylation sites is 1. The Hall–Kier alpha value is -2.49. The van der Waals surface area contributed by atoms with Crippen molar-refractivity contribution in [3.05, 3.63) is 54.6 Å². The number of amides is 1. The van der Waals surface area contributed by atoms with Crippen LogP contribution in [0.2, 0.25) is 0 Å². The summed E-state index contributed by atoms with van der Waals surface area (Å²) < 4.78 is 11.0.